The largest absolute Gasteiger partial charge is 0.493 e. The predicted octanol–water partition coefficient (Wildman–Crippen LogP) is 5.36. The first kappa shape index (κ1) is 12.2. The standard InChI is InChI=1S/C17H13ClOS/c18-17(13-9-19-15-7-3-1-5-11(13)15)14-10-20-16-8-4-2-6-12(14)16/h1-8,10,13,17H,9H2. The van der Waals surface area contributed by atoms with Gasteiger partial charge in [0.1, 0.15) is 5.75 Å². The van der Waals surface area contributed by atoms with Crippen LogP contribution in [-0.4, -0.2) is 6.61 Å². The summed E-state index contributed by atoms with van der Waals surface area (Å²) in [6.45, 7) is 0.664. The van der Waals surface area contributed by atoms with Crippen molar-refractivity contribution in [3.63, 3.8) is 0 Å². The van der Waals surface area contributed by atoms with Crippen molar-refractivity contribution in [3.05, 3.63) is 65.0 Å². The third kappa shape index (κ3) is 1.83. The molecule has 0 N–H and O–H groups in total. The average Bonchev–Trinajstić information content (AvgIpc) is 3.11. The zero-order valence-electron chi connectivity index (χ0n) is 10.8. The summed E-state index contributed by atoms with van der Waals surface area (Å²) in [6.07, 6.45) is 0. The Kier molecular flexibility index (Phi) is 2.94. The molecule has 4 rings (SSSR count). The summed E-state index contributed by atoms with van der Waals surface area (Å²) in [6, 6.07) is 16.6. The molecule has 0 radical (unpaired) electrons. The highest BCUT2D eigenvalue weighted by Gasteiger charge is 2.32. The van der Waals surface area contributed by atoms with Crippen molar-refractivity contribution in [2.24, 2.45) is 0 Å². The van der Waals surface area contributed by atoms with Gasteiger partial charge in [-0.1, -0.05) is 36.4 Å². The van der Waals surface area contributed by atoms with Crippen LogP contribution in [-0.2, 0) is 0 Å². The lowest BCUT2D eigenvalue weighted by Crippen LogP contribution is -2.07. The van der Waals surface area contributed by atoms with Gasteiger partial charge < -0.3 is 4.74 Å². The van der Waals surface area contributed by atoms with E-state index in [1.807, 2.05) is 12.1 Å². The quantitative estimate of drug-likeness (QED) is 0.579. The van der Waals surface area contributed by atoms with Crippen molar-refractivity contribution in [1.29, 1.82) is 0 Å². The minimum absolute atomic E-state index is 0.0465. The first-order valence-corrected chi connectivity index (χ1v) is 7.98. The molecule has 0 amide bonds. The smallest absolute Gasteiger partial charge is 0.122 e. The van der Waals surface area contributed by atoms with E-state index in [0.717, 1.165) is 5.75 Å². The molecule has 1 aliphatic heterocycles. The molecule has 3 aromatic rings. The van der Waals surface area contributed by atoms with E-state index in [4.69, 9.17) is 16.3 Å². The molecule has 0 aliphatic carbocycles. The molecular weight excluding hydrogens is 288 g/mol. The number of hydrogen-bond donors (Lipinski definition) is 0. The Hall–Kier alpha value is -1.51. The van der Waals surface area contributed by atoms with Crippen LogP contribution in [0.25, 0.3) is 10.1 Å². The number of halogens is 1. The fourth-order valence-electron chi connectivity index (χ4n) is 2.86. The average molecular weight is 301 g/mol. The number of alkyl halides is 1. The Morgan fingerprint density at radius 2 is 1.90 bits per heavy atom. The number of para-hydroxylation sites is 1. The van der Waals surface area contributed by atoms with Gasteiger partial charge in [0.05, 0.1) is 12.0 Å². The number of benzene rings is 2. The van der Waals surface area contributed by atoms with Crippen LogP contribution >= 0.6 is 22.9 Å². The highest BCUT2D eigenvalue weighted by Crippen LogP contribution is 2.46. The van der Waals surface area contributed by atoms with E-state index in [1.165, 1.54) is 21.2 Å². The topological polar surface area (TPSA) is 9.23 Å². The number of thiophene rings is 1. The molecular formula is C17H13ClOS. The normalized spacial score (nSPS) is 18.8. The highest BCUT2D eigenvalue weighted by molar-refractivity contribution is 7.17. The molecule has 3 heteroatoms. The van der Waals surface area contributed by atoms with Gasteiger partial charge in [-0.05, 0) is 28.5 Å². The fourth-order valence-corrected chi connectivity index (χ4v) is 4.32. The van der Waals surface area contributed by atoms with Crippen LogP contribution in [0.3, 0.4) is 0 Å². The number of fused-ring (bicyclic) bond motifs is 2. The minimum atomic E-state index is -0.0465. The van der Waals surface area contributed by atoms with Crippen molar-refractivity contribution in [1.82, 2.24) is 0 Å². The van der Waals surface area contributed by atoms with E-state index in [2.05, 4.69) is 41.8 Å². The van der Waals surface area contributed by atoms with Crippen molar-refractivity contribution in [3.8, 4) is 5.75 Å². The predicted molar refractivity (Wildman–Crippen MR) is 85.1 cm³/mol. The molecule has 100 valence electrons. The third-order valence-electron chi connectivity index (χ3n) is 3.90. The maximum Gasteiger partial charge on any atom is 0.122 e. The Morgan fingerprint density at radius 1 is 1.10 bits per heavy atom. The summed E-state index contributed by atoms with van der Waals surface area (Å²) in [5.74, 6) is 1.20. The molecule has 2 heterocycles. The lowest BCUT2D eigenvalue weighted by molar-refractivity contribution is 0.328. The van der Waals surface area contributed by atoms with Gasteiger partial charge in [-0.15, -0.1) is 22.9 Å². The van der Waals surface area contributed by atoms with E-state index < -0.39 is 0 Å². The van der Waals surface area contributed by atoms with Crippen molar-refractivity contribution < 1.29 is 4.74 Å². The maximum absolute atomic E-state index is 6.79. The Morgan fingerprint density at radius 3 is 2.85 bits per heavy atom. The lowest BCUT2D eigenvalue weighted by Gasteiger charge is -2.16. The second kappa shape index (κ2) is 4.80. The lowest BCUT2D eigenvalue weighted by atomic mass is 9.93. The van der Waals surface area contributed by atoms with Gasteiger partial charge in [0.15, 0.2) is 0 Å². The first-order valence-electron chi connectivity index (χ1n) is 6.66. The summed E-state index contributed by atoms with van der Waals surface area (Å²) >= 11 is 8.54. The van der Waals surface area contributed by atoms with Crippen LogP contribution in [0.4, 0.5) is 0 Å². The zero-order chi connectivity index (χ0) is 13.5. The minimum Gasteiger partial charge on any atom is -0.493 e. The number of ether oxygens (including phenoxy) is 1. The van der Waals surface area contributed by atoms with Crippen LogP contribution in [0.2, 0.25) is 0 Å². The van der Waals surface area contributed by atoms with E-state index in [9.17, 15) is 0 Å². The van der Waals surface area contributed by atoms with Crippen molar-refractivity contribution in [2.75, 3.05) is 6.61 Å². The molecule has 0 bridgehead atoms. The molecule has 0 saturated carbocycles. The fraction of sp³-hybridized carbons (Fsp3) is 0.176. The molecule has 2 atom stereocenters. The van der Waals surface area contributed by atoms with E-state index in [0.29, 0.717) is 6.61 Å². The molecule has 2 aromatic carbocycles. The van der Waals surface area contributed by atoms with Gasteiger partial charge >= 0.3 is 0 Å². The van der Waals surface area contributed by atoms with Crippen molar-refractivity contribution >= 4 is 33.0 Å². The molecule has 1 nitrogen and oxygen atoms in total. The van der Waals surface area contributed by atoms with Gasteiger partial charge in [0.25, 0.3) is 0 Å². The van der Waals surface area contributed by atoms with Gasteiger partial charge in [-0.2, -0.15) is 0 Å². The van der Waals surface area contributed by atoms with E-state index >= 15 is 0 Å². The molecule has 2 unspecified atom stereocenters. The summed E-state index contributed by atoms with van der Waals surface area (Å²) in [4.78, 5) is 0. The second-order valence-electron chi connectivity index (χ2n) is 5.04. The number of hydrogen-bond acceptors (Lipinski definition) is 2. The molecule has 0 saturated heterocycles. The third-order valence-corrected chi connectivity index (χ3v) is 5.42. The monoisotopic (exact) mass is 300 g/mol. The van der Waals surface area contributed by atoms with Crippen LogP contribution in [0.5, 0.6) is 5.75 Å². The van der Waals surface area contributed by atoms with Gasteiger partial charge in [-0.3, -0.25) is 0 Å². The molecule has 0 spiro atoms. The second-order valence-corrected chi connectivity index (χ2v) is 6.43. The first-order chi connectivity index (χ1) is 9.84. The summed E-state index contributed by atoms with van der Waals surface area (Å²) < 4.78 is 7.05. The van der Waals surface area contributed by atoms with E-state index in [1.54, 1.807) is 11.3 Å². The Bertz CT molecular complexity index is 764. The highest BCUT2D eigenvalue weighted by atomic mass is 35.5. The maximum atomic E-state index is 6.79. The molecule has 1 aliphatic rings. The molecule has 0 fully saturated rings. The molecule has 1 aromatic heterocycles. The Balaban J connectivity index is 1.77. The summed E-state index contributed by atoms with van der Waals surface area (Å²) in [5, 5.41) is 3.40. The van der Waals surface area contributed by atoms with Crippen molar-refractivity contribution in [2.45, 2.75) is 11.3 Å². The SMILES string of the molecule is ClC(c1csc2ccccc12)C1COc2ccccc21. The van der Waals surface area contributed by atoms with Gasteiger partial charge in [0, 0.05) is 16.2 Å². The van der Waals surface area contributed by atoms with Crippen LogP contribution in [0.15, 0.2) is 53.9 Å². The van der Waals surface area contributed by atoms with Crippen LogP contribution in [0, 0.1) is 0 Å². The van der Waals surface area contributed by atoms with Gasteiger partial charge in [0.2, 0.25) is 0 Å². The Labute approximate surface area is 126 Å². The summed E-state index contributed by atoms with van der Waals surface area (Å²) in [7, 11) is 0. The van der Waals surface area contributed by atoms with Crippen LogP contribution < -0.4 is 4.74 Å². The summed E-state index contributed by atoms with van der Waals surface area (Å²) in [5.41, 5.74) is 2.44. The zero-order valence-corrected chi connectivity index (χ0v) is 12.3. The van der Waals surface area contributed by atoms with E-state index in [-0.39, 0.29) is 11.3 Å². The van der Waals surface area contributed by atoms with Crippen LogP contribution in [0.1, 0.15) is 22.4 Å². The van der Waals surface area contributed by atoms with Gasteiger partial charge in [-0.25, -0.2) is 0 Å². The molecule has 20 heavy (non-hydrogen) atoms. The number of rotatable bonds is 2.